The first kappa shape index (κ1) is 13.3. The summed E-state index contributed by atoms with van der Waals surface area (Å²) in [6.45, 7) is 1.99. The Hall–Kier alpha value is -1.11. The fourth-order valence-corrected chi connectivity index (χ4v) is 1.86. The van der Waals surface area contributed by atoms with Crippen LogP contribution in [0.4, 0.5) is 0 Å². The SMILES string of the molecule is CC(Oc1ccc(Br)cc1)C(=O)N1C[C@H](O)CO1. The van der Waals surface area contributed by atoms with Gasteiger partial charge in [0, 0.05) is 4.47 Å². The summed E-state index contributed by atoms with van der Waals surface area (Å²) in [4.78, 5) is 17.0. The van der Waals surface area contributed by atoms with Gasteiger partial charge in [0.2, 0.25) is 0 Å². The number of benzene rings is 1. The lowest BCUT2D eigenvalue weighted by atomic mass is 10.3. The van der Waals surface area contributed by atoms with Crippen molar-refractivity contribution in [3.8, 4) is 5.75 Å². The fourth-order valence-electron chi connectivity index (χ4n) is 1.60. The van der Waals surface area contributed by atoms with Crippen molar-refractivity contribution in [1.29, 1.82) is 0 Å². The van der Waals surface area contributed by atoms with E-state index in [1.807, 2.05) is 12.1 Å². The Kier molecular flexibility index (Phi) is 4.21. The summed E-state index contributed by atoms with van der Waals surface area (Å²) >= 11 is 3.32. The minimum Gasteiger partial charge on any atom is -0.481 e. The van der Waals surface area contributed by atoms with E-state index in [1.165, 1.54) is 0 Å². The Morgan fingerprint density at radius 2 is 2.22 bits per heavy atom. The van der Waals surface area contributed by atoms with E-state index in [0.29, 0.717) is 5.75 Å². The zero-order valence-corrected chi connectivity index (χ0v) is 11.5. The van der Waals surface area contributed by atoms with E-state index < -0.39 is 12.2 Å². The highest BCUT2D eigenvalue weighted by molar-refractivity contribution is 9.10. The van der Waals surface area contributed by atoms with Gasteiger partial charge in [-0.15, -0.1) is 0 Å². The lowest BCUT2D eigenvalue weighted by Gasteiger charge is -2.19. The van der Waals surface area contributed by atoms with Crippen LogP contribution >= 0.6 is 15.9 Å². The average molecular weight is 316 g/mol. The second-order valence-corrected chi connectivity index (χ2v) is 4.98. The molecule has 0 aromatic heterocycles. The monoisotopic (exact) mass is 315 g/mol. The van der Waals surface area contributed by atoms with Crippen molar-refractivity contribution in [3.05, 3.63) is 28.7 Å². The molecule has 1 N–H and O–H groups in total. The van der Waals surface area contributed by atoms with E-state index in [-0.39, 0.29) is 19.1 Å². The molecule has 1 aliphatic heterocycles. The molecule has 0 radical (unpaired) electrons. The number of carbonyl (C=O) groups excluding carboxylic acids is 1. The van der Waals surface area contributed by atoms with Gasteiger partial charge in [0.15, 0.2) is 6.10 Å². The first-order valence-electron chi connectivity index (χ1n) is 5.61. The maximum Gasteiger partial charge on any atom is 0.286 e. The molecule has 2 rings (SSSR count). The van der Waals surface area contributed by atoms with E-state index in [2.05, 4.69) is 15.9 Å². The van der Waals surface area contributed by atoms with Crippen molar-refractivity contribution in [2.75, 3.05) is 13.2 Å². The van der Waals surface area contributed by atoms with Crippen molar-refractivity contribution in [3.63, 3.8) is 0 Å². The first-order valence-corrected chi connectivity index (χ1v) is 6.40. The van der Waals surface area contributed by atoms with Crippen molar-refractivity contribution in [2.24, 2.45) is 0 Å². The fraction of sp³-hybridized carbons (Fsp3) is 0.417. The number of amides is 1. The van der Waals surface area contributed by atoms with Crippen LogP contribution in [0.1, 0.15) is 6.92 Å². The highest BCUT2D eigenvalue weighted by Crippen LogP contribution is 2.18. The van der Waals surface area contributed by atoms with E-state index in [9.17, 15) is 9.90 Å². The molecule has 1 heterocycles. The van der Waals surface area contributed by atoms with Gasteiger partial charge in [0.25, 0.3) is 5.91 Å². The molecular formula is C12H14BrNO4. The van der Waals surface area contributed by atoms with Crippen LogP contribution in [0.3, 0.4) is 0 Å². The van der Waals surface area contributed by atoms with E-state index in [4.69, 9.17) is 9.57 Å². The number of halogens is 1. The third-order valence-corrected chi connectivity index (χ3v) is 3.05. The number of ether oxygens (including phenoxy) is 1. The Bertz CT molecular complexity index is 423. The average Bonchev–Trinajstić information content (AvgIpc) is 2.78. The molecule has 1 aliphatic rings. The number of hydrogen-bond donors (Lipinski definition) is 1. The highest BCUT2D eigenvalue weighted by Gasteiger charge is 2.30. The van der Waals surface area contributed by atoms with Crippen LogP contribution in [-0.2, 0) is 9.63 Å². The molecule has 0 spiro atoms. The van der Waals surface area contributed by atoms with Crippen molar-refractivity contribution >= 4 is 21.8 Å². The largest absolute Gasteiger partial charge is 0.481 e. The summed E-state index contributed by atoms with van der Waals surface area (Å²) in [7, 11) is 0. The minimum atomic E-state index is -0.656. The number of hydrogen-bond acceptors (Lipinski definition) is 4. The second-order valence-electron chi connectivity index (χ2n) is 4.06. The molecular weight excluding hydrogens is 302 g/mol. The van der Waals surface area contributed by atoms with Crippen molar-refractivity contribution in [2.45, 2.75) is 19.1 Å². The summed E-state index contributed by atoms with van der Waals surface area (Å²) in [5, 5.41) is 10.4. The normalized spacial score (nSPS) is 20.8. The standard InChI is InChI=1S/C12H14BrNO4/c1-8(12(16)14-6-10(15)7-17-14)18-11-4-2-9(13)3-5-11/h2-5,8,10,15H,6-7H2,1H3/t8?,10-/m0/s1. The van der Waals surface area contributed by atoms with Gasteiger partial charge in [-0.05, 0) is 31.2 Å². The second kappa shape index (κ2) is 5.69. The van der Waals surface area contributed by atoms with Gasteiger partial charge < -0.3 is 9.84 Å². The molecule has 1 unspecified atom stereocenters. The van der Waals surface area contributed by atoms with Gasteiger partial charge in [-0.1, -0.05) is 15.9 Å². The van der Waals surface area contributed by atoms with E-state index in [0.717, 1.165) is 9.54 Å². The van der Waals surface area contributed by atoms with Gasteiger partial charge in [-0.25, -0.2) is 5.06 Å². The Labute approximate surface area is 113 Å². The Morgan fingerprint density at radius 1 is 1.56 bits per heavy atom. The van der Waals surface area contributed by atoms with Crippen molar-refractivity contribution < 1.29 is 19.5 Å². The van der Waals surface area contributed by atoms with Gasteiger partial charge in [-0.2, -0.15) is 0 Å². The van der Waals surface area contributed by atoms with Crippen LogP contribution in [0.2, 0.25) is 0 Å². The number of carbonyl (C=O) groups is 1. The van der Waals surface area contributed by atoms with Crippen LogP contribution in [-0.4, -0.2) is 41.4 Å². The van der Waals surface area contributed by atoms with Crippen LogP contribution in [0.15, 0.2) is 28.7 Å². The minimum absolute atomic E-state index is 0.150. The molecule has 18 heavy (non-hydrogen) atoms. The molecule has 0 bridgehead atoms. The molecule has 1 saturated heterocycles. The predicted octanol–water partition coefficient (Wildman–Crippen LogP) is 1.35. The molecule has 0 aliphatic carbocycles. The molecule has 1 fully saturated rings. The maximum absolute atomic E-state index is 11.9. The predicted molar refractivity (Wildman–Crippen MR) is 67.9 cm³/mol. The number of hydroxylamine groups is 2. The van der Waals surface area contributed by atoms with Crippen LogP contribution < -0.4 is 4.74 Å². The molecule has 5 nitrogen and oxygen atoms in total. The zero-order chi connectivity index (χ0) is 13.1. The number of aliphatic hydroxyl groups excluding tert-OH is 1. The van der Waals surface area contributed by atoms with Crippen molar-refractivity contribution in [1.82, 2.24) is 5.06 Å². The van der Waals surface area contributed by atoms with Gasteiger partial charge in [-0.3, -0.25) is 9.63 Å². The summed E-state index contributed by atoms with van der Waals surface area (Å²) < 4.78 is 6.45. The summed E-state index contributed by atoms with van der Waals surface area (Å²) in [5.74, 6) is 0.313. The lowest BCUT2D eigenvalue weighted by molar-refractivity contribution is -0.175. The molecule has 6 heteroatoms. The highest BCUT2D eigenvalue weighted by atomic mass is 79.9. The summed E-state index contributed by atoms with van der Waals surface area (Å²) in [6, 6.07) is 7.21. The maximum atomic E-state index is 11.9. The van der Waals surface area contributed by atoms with E-state index in [1.54, 1.807) is 19.1 Å². The van der Waals surface area contributed by atoms with Gasteiger partial charge in [0.05, 0.1) is 6.54 Å². The smallest absolute Gasteiger partial charge is 0.286 e. The summed E-state index contributed by atoms with van der Waals surface area (Å²) in [6.07, 6.45) is -1.27. The number of rotatable bonds is 3. The Morgan fingerprint density at radius 3 is 2.78 bits per heavy atom. The summed E-state index contributed by atoms with van der Waals surface area (Å²) in [5.41, 5.74) is 0. The quantitative estimate of drug-likeness (QED) is 0.914. The van der Waals surface area contributed by atoms with Gasteiger partial charge in [0.1, 0.15) is 18.5 Å². The number of aliphatic hydroxyl groups is 1. The van der Waals surface area contributed by atoms with Crippen LogP contribution in [0, 0.1) is 0 Å². The topological polar surface area (TPSA) is 59.0 Å². The number of β-amino-alcohol motifs (C(OH)–C–C–N with tert-alkyl or cyclic N) is 1. The lowest BCUT2D eigenvalue weighted by Crippen LogP contribution is -2.38. The molecule has 1 aromatic carbocycles. The van der Waals surface area contributed by atoms with E-state index >= 15 is 0 Å². The zero-order valence-electron chi connectivity index (χ0n) is 9.88. The molecule has 98 valence electrons. The molecule has 1 amide bonds. The van der Waals surface area contributed by atoms with Gasteiger partial charge >= 0.3 is 0 Å². The third kappa shape index (κ3) is 3.22. The molecule has 1 aromatic rings. The first-order chi connectivity index (χ1) is 8.56. The molecule has 0 saturated carbocycles. The number of nitrogens with zero attached hydrogens (tertiary/aromatic N) is 1. The third-order valence-electron chi connectivity index (χ3n) is 2.52. The van der Waals surface area contributed by atoms with Crippen LogP contribution in [0.5, 0.6) is 5.75 Å². The molecule has 2 atom stereocenters. The Balaban J connectivity index is 1.93. The van der Waals surface area contributed by atoms with Crippen LogP contribution in [0.25, 0.3) is 0 Å².